The van der Waals surface area contributed by atoms with Gasteiger partial charge < -0.3 is 20.8 Å². The number of nitrogens with zero attached hydrogens (tertiary/aromatic N) is 4. The molecule has 2 aromatic heterocycles. The minimum Gasteiger partial charge on any atom is -0.463 e. The number of alkyl halides is 3. The van der Waals surface area contributed by atoms with Gasteiger partial charge in [-0.3, -0.25) is 0 Å². The maximum Gasteiger partial charge on any atom is 0.408 e. The maximum atomic E-state index is 12.0. The molecule has 0 atom stereocenters. The largest absolute Gasteiger partial charge is 0.463 e. The van der Waals surface area contributed by atoms with Crippen LogP contribution in [0.2, 0.25) is 0 Å². The van der Waals surface area contributed by atoms with Gasteiger partial charge in [0.1, 0.15) is 19.0 Å². The molecule has 2 aromatic rings. The molecule has 0 bridgehead atoms. The van der Waals surface area contributed by atoms with Crippen molar-refractivity contribution in [2.45, 2.75) is 11.3 Å². The summed E-state index contributed by atoms with van der Waals surface area (Å²) in [5.74, 6) is 0.399. The number of guanidine groups is 1. The molecule has 0 aromatic carbocycles. The van der Waals surface area contributed by atoms with E-state index in [2.05, 4.69) is 30.2 Å². The number of aromatic nitrogens is 4. The molecule has 0 radical (unpaired) electrons. The van der Waals surface area contributed by atoms with E-state index >= 15 is 0 Å². The van der Waals surface area contributed by atoms with E-state index in [-0.39, 0.29) is 11.8 Å². The molecule has 8 nitrogen and oxygen atoms in total. The number of nitrogens with two attached hydrogens (primary N) is 1. The number of anilines is 1. The van der Waals surface area contributed by atoms with Gasteiger partial charge in [0, 0.05) is 24.3 Å². The smallest absolute Gasteiger partial charge is 0.408 e. The Balaban J connectivity index is 1.80. The Hall–Kier alpha value is -2.50. The highest BCUT2D eigenvalue weighted by molar-refractivity contribution is 7.99. The number of thioether (sulfide) groups is 1. The highest BCUT2D eigenvalue weighted by atomic mass is 32.2. The van der Waals surface area contributed by atoms with E-state index in [4.69, 9.17) is 10.5 Å². The Morgan fingerprint density at radius 3 is 2.92 bits per heavy atom. The van der Waals surface area contributed by atoms with Crippen LogP contribution in [0.1, 0.15) is 0 Å². The van der Waals surface area contributed by atoms with Gasteiger partial charge in [0.15, 0.2) is 11.1 Å². The first kappa shape index (κ1) is 17.8. The average molecular weight is 361 g/mol. The molecule has 0 unspecified atom stereocenters. The first-order valence-corrected chi connectivity index (χ1v) is 7.63. The molecular formula is C12H14F3N7OS. The average Bonchev–Trinajstić information content (AvgIpc) is 3.03. The lowest BCUT2D eigenvalue weighted by Crippen LogP contribution is -2.26. The number of imidazole rings is 1. The normalized spacial score (nSPS) is 12.2. The minimum absolute atomic E-state index is 0.0728. The van der Waals surface area contributed by atoms with E-state index in [0.717, 1.165) is 5.16 Å². The molecule has 24 heavy (non-hydrogen) atoms. The summed E-state index contributed by atoms with van der Waals surface area (Å²) in [5, 5.41) is 3.21. The lowest BCUT2D eigenvalue weighted by Gasteiger charge is -2.08. The van der Waals surface area contributed by atoms with Gasteiger partial charge >= 0.3 is 12.2 Å². The van der Waals surface area contributed by atoms with Gasteiger partial charge in [-0.25, -0.2) is 15.0 Å². The summed E-state index contributed by atoms with van der Waals surface area (Å²) in [6.45, 7) is -1.04. The number of hydrogen-bond donors (Lipinski definition) is 3. The van der Waals surface area contributed by atoms with Gasteiger partial charge in [-0.15, -0.1) is 0 Å². The van der Waals surface area contributed by atoms with Crippen molar-refractivity contribution in [3.8, 4) is 6.01 Å². The third-order valence-corrected chi connectivity index (χ3v) is 3.21. The van der Waals surface area contributed by atoms with Crippen molar-refractivity contribution in [1.82, 2.24) is 19.9 Å². The third kappa shape index (κ3) is 6.73. The van der Waals surface area contributed by atoms with Gasteiger partial charge in [0.05, 0.1) is 0 Å². The number of hydrogen-bond acceptors (Lipinski definition) is 6. The van der Waals surface area contributed by atoms with Crippen LogP contribution in [0.3, 0.4) is 0 Å². The number of H-pyrrole nitrogens is 1. The molecule has 0 spiro atoms. The first-order valence-electron chi connectivity index (χ1n) is 6.64. The number of nitrogens with one attached hydrogen (secondary N) is 2. The molecule has 4 N–H and O–H groups in total. The highest BCUT2D eigenvalue weighted by Crippen LogP contribution is 2.15. The topological polar surface area (TPSA) is 114 Å². The molecule has 0 saturated heterocycles. The number of rotatable bonds is 7. The van der Waals surface area contributed by atoms with Crippen LogP contribution in [0.5, 0.6) is 6.01 Å². The zero-order valence-corrected chi connectivity index (χ0v) is 13.1. The fraction of sp³-hybridized carbons (Fsp3) is 0.333. The van der Waals surface area contributed by atoms with Crippen molar-refractivity contribution < 1.29 is 17.9 Å². The van der Waals surface area contributed by atoms with Crippen molar-refractivity contribution in [3.63, 3.8) is 0 Å². The SMILES string of the molecule is NC(=NCC(F)(F)F)Nc1ccnc(OCCSc2ncc[nH]2)n1. The number of ether oxygens (including phenoxy) is 1. The van der Waals surface area contributed by atoms with Crippen LogP contribution in [0.4, 0.5) is 19.0 Å². The van der Waals surface area contributed by atoms with Gasteiger partial charge in [-0.05, 0) is 6.07 Å². The second kappa shape index (κ2) is 8.38. The van der Waals surface area contributed by atoms with Crippen molar-refractivity contribution in [2.24, 2.45) is 10.7 Å². The molecule has 0 aliphatic rings. The van der Waals surface area contributed by atoms with Crippen LogP contribution in [0.25, 0.3) is 0 Å². The molecule has 0 amide bonds. The van der Waals surface area contributed by atoms with Gasteiger partial charge in [-0.1, -0.05) is 11.8 Å². The Morgan fingerprint density at radius 1 is 1.38 bits per heavy atom. The molecule has 0 aliphatic heterocycles. The minimum atomic E-state index is -4.42. The molecule has 2 rings (SSSR count). The Bertz CT molecular complexity index is 663. The van der Waals surface area contributed by atoms with Gasteiger partial charge in [0.2, 0.25) is 0 Å². The quantitative estimate of drug-likeness (QED) is 0.297. The predicted octanol–water partition coefficient (Wildman–Crippen LogP) is 1.66. The number of aliphatic imine (C=N–C) groups is 1. The highest BCUT2D eigenvalue weighted by Gasteiger charge is 2.26. The summed E-state index contributed by atoms with van der Waals surface area (Å²) < 4.78 is 41.5. The second-order valence-corrected chi connectivity index (χ2v) is 5.34. The lowest BCUT2D eigenvalue weighted by molar-refractivity contribution is -0.118. The number of halogens is 3. The Morgan fingerprint density at radius 2 is 2.21 bits per heavy atom. The van der Waals surface area contributed by atoms with E-state index in [1.165, 1.54) is 24.0 Å². The van der Waals surface area contributed by atoms with Crippen LogP contribution in [0, 0.1) is 0 Å². The van der Waals surface area contributed by atoms with Crippen LogP contribution < -0.4 is 15.8 Å². The summed E-state index contributed by atoms with van der Waals surface area (Å²) >= 11 is 1.46. The van der Waals surface area contributed by atoms with Crippen LogP contribution in [-0.2, 0) is 0 Å². The summed E-state index contributed by atoms with van der Waals surface area (Å²) in [7, 11) is 0. The van der Waals surface area contributed by atoms with E-state index < -0.39 is 18.7 Å². The fourth-order valence-corrected chi connectivity index (χ4v) is 2.07. The standard InChI is InChI=1S/C12H14F3N7OS/c13-12(14,15)7-20-9(16)21-8-1-2-17-10(22-8)23-5-6-24-11-18-3-4-19-11/h1-4H,5-7H2,(H,18,19)(H3,16,17,20,21,22). The zero-order chi connectivity index (χ0) is 17.4. The zero-order valence-electron chi connectivity index (χ0n) is 12.2. The molecular weight excluding hydrogens is 347 g/mol. The fourth-order valence-electron chi connectivity index (χ4n) is 1.43. The Labute approximate surface area is 139 Å². The van der Waals surface area contributed by atoms with Crippen molar-refractivity contribution in [1.29, 1.82) is 0 Å². The maximum absolute atomic E-state index is 12.0. The van der Waals surface area contributed by atoms with Crippen molar-refractivity contribution >= 4 is 23.5 Å². The summed E-state index contributed by atoms with van der Waals surface area (Å²) in [6, 6.07) is 1.50. The van der Waals surface area contributed by atoms with E-state index in [1.54, 1.807) is 12.4 Å². The van der Waals surface area contributed by atoms with Gasteiger partial charge in [-0.2, -0.15) is 18.2 Å². The van der Waals surface area contributed by atoms with Crippen LogP contribution in [-0.4, -0.2) is 51.0 Å². The van der Waals surface area contributed by atoms with Crippen LogP contribution in [0.15, 0.2) is 34.8 Å². The molecule has 130 valence electrons. The van der Waals surface area contributed by atoms with Gasteiger partial charge in [0.25, 0.3) is 0 Å². The summed E-state index contributed by atoms with van der Waals surface area (Å²) in [6.07, 6.45) is 0.331. The first-order chi connectivity index (χ1) is 11.4. The third-order valence-electron chi connectivity index (χ3n) is 2.34. The molecule has 0 fully saturated rings. The molecule has 0 saturated carbocycles. The predicted molar refractivity (Wildman–Crippen MR) is 83.0 cm³/mol. The van der Waals surface area contributed by atoms with Crippen LogP contribution >= 0.6 is 11.8 Å². The molecule has 0 aliphatic carbocycles. The summed E-state index contributed by atoms with van der Waals surface area (Å²) in [5.41, 5.74) is 5.36. The lowest BCUT2D eigenvalue weighted by atomic mass is 10.6. The van der Waals surface area contributed by atoms with E-state index in [9.17, 15) is 13.2 Å². The number of aromatic amines is 1. The molecule has 2 heterocycles. The monoisotopic (exact) mass is 361 g/mol. The van der Waals surface area contributed by atoms with E-state index in [1.807, 2.05) is 0 Å². The molecule has 12 heteroatoms. The summed E-state index contributed by atoms with van der Waals surface area (Å²) in [4.78, 5) is 18.0. The van der Waals surface area contributed by atoms with Crippen molar-refractivity contribution in [3.05, 3.63) is 24.7 Å². The van der Waals surface area contributed by atoms with Crippen molar-refractivity contribution in [2.75, 3.05) is 24.2 Å². The Kier molecular flexibility index (Phi) is 6.23. The van der Waals surface area contributed by atoms with E-state index in [0.29, 0.717) is 12.4 Å². The second-order valence-electron chi connectivity index (χ2n) is 4.26.